The zero-order valence-corrected chi connectivity index (χ0v) is 10.1. The van der Waals surface area contributed by atoms with Gasteiger partial charge in [-0.3, -0.25) is 4.79 Å². The number of rotatable bonds is 2. The van der Waals surface area contributed by atoms with Gasteiger partial charge < -0.3 is 14.7 Å². The first-order valence-electron chi connectivity index (χ1n) is 5.14. The molecule has 17 heavy (non-hydrogen) atoms. The number of nitrogens with zero attached hydrogens (tertiary/aromatic N) is 2. The van der Waals surface area contributed by atoms with Crippen LogP contribution in [-0.4, -0.2) is 52.7 Å². The number of aliphatic carboxylic acids is 1. The van der Waals surface area contributed by atoms with Crippen LogP contribution >= 0.6 is 11.3 Å². The first kappa shape index (κ1) is 12.0. The SMILES string of the molecule is Cc1ncc(C(=O)N2CCO[C@H](C(=O)O)C2)s1. The maximum Gasteiger partial charge on any atom is 0.334 e. The third kappa shape index (κ3) is 2.62. The summed E-state index contributed by atoms with van der Waals surface area (Å²) >= 11 is 1.31. The molecule has 1 saturated heterocycles. The first-order valence-corrected chi connectivity index (χ1v) is 5.95. The van der Waals surface area contributed by atoms with E-state index in [1.54, 1.807) is 0 Å². The third-order valence-electron chi connectivity index (χ3n) is 2.46. The minimum Gasteiger partial charge on any atom is -0.479 e. The third-order valence-corrected chi connectivity index (χ3v) is 3.36. The van der Waals surface area contributed by atoms with Gasteiger partial charge in [-0.15, -0.1) is 11.3 Å². The summed E-state index contributed by atoms with van der Waals surface area (Å²) in [5, 5.41) is 9.66. The molecule has 7 heteroatoms. The van der Waals surface area contributed by atoms with E-state index in [0.29, 0.717) is 11.4 Å². The van der Waals surface area contributed by atoms with Gasteiger partial charge in [0, 0.05) is 6.54 Å². The summed E-state index contributed by atoms with van der Waals surface area (Å²) in [6, 6.07) is 0. The molecule has 1 N–H and O–H groups in total. The van der Waals surface area contributed by atoms with Crippen LogP contribution in [0.3, 0.4) is 0 Å². The van der Waals surface area contributed by atoms with Crippen LogP contribution in [0.25, 0.3) is 0 Å². The number of carboxylic acid groups (broad SMARTS) is 1. The van der Waals surface area contributed by atoms with Gasteiger partial charge in [-0.05, 0) is 6.92 Å². The lowest BCUT2D eigenvalue weighted by Crippen LogP contribution is -2.48. The van der Waals surface area contributed by atoms with E-state index in [-0.39, 0.29) is 19.1 Å². The number of carbonyl (C=O) groups is 2. The van der Waals surface area contributed by atoms with Gasteiger partial charge in [-0.25, -0.2) is 9.78 Å². The molecule has 1 aromatic rings. The second kappa shape index (κ2) is 4.80. The van der Waals surface area contributed by atoms with Gasteiger partial charge >= 0.3 is 5.97 Å². The van der Waals surface area contributed by atoms with Gasteiger partial charge in [0.15, 0.2) is 6.10 Å². The molecule has 0 bridgehead atoms. The van der Waals surface area contributed by atoms with Crippen molar-refractivity contribution in [2.24, 2.45) is 0 Å². The fraction of sp³-hybridized carbons (Fsp3) is 0.500. The minimum absolute atomic E-state index is 0.0884. The van der Waals surface area contributed by atoms with Crippen molar-refractivity contribution in [3.05, 3.63) is 16.1 Å². The molecular weight excluding hydrogens is 244 g/mol. The van der Waals surface area contributed by atoms with E-state index in [2.05, 4.69) is 4.98 Å². The van der Waals surface area contributed by atoms with Crippen molar-refractivity contribution in [2.45, 2.75) is 13.0 Å². The fourth-order valence-electron chi connectivity index (χ4n) is 1.60. The van der Waals surface area contributed by atoms with Gasteiger partial charge in [-0.1, -0.05) is 0 Å². The zero-order chi connectivity index (χ0) is 12.4. The first-order chi connectivity index (χ1) is 8.08. The van der Waals surface area contributed by atoms with Gasteiger partial charge in [0.05, 0.1) is 24.4 Å². The highest BCUT2D eigenvalue weighted by Crippen LogP contribution is 2.16. The number of hydrogen-bond acceptors (Lipinski definition) is 5. The Kier molecular flexibility index (Phi) is 3.39. The second-order valence-electron chi connectivity index (χ2n) is 3.69. The predicted octanol–water partition coefficient (Wildman–Crippen LogP) is 0.377. The molecule has 0 radical (unpaired) electrons. The van der Waals surface area contributed by atoms with E-state index in [9.17, 15) is 9.59 Å². The monoisotopic (exact) mass is 256 g/mol. The summed E-state index contributed by atoms with van der Waals surface area (Å²) in [5.41, 5.74) is 0. The maximum absolute atomic E-state index is 12.0. The normalized spacial score (nSPS) is 20.3. The Morgan fingerprint density at radius 2 is 2.41 bits per heavy atom. The average molecular weight is 256 g/mol. The number of carbonyl (C=O) groups excluding carboxylic acids is 1. The molecule has 1 atom stereocenters. The second-order valence-corrected chi connectivity index (χ2v) is 4.93. The quantitative estimate of drug-likeness (QED) is 0.827. The Morgan fingerprint density at radius 3 is 3.00 bits per heavy atom. The molecular formula is C10H12N2O4S. The Morgan fingerprint density at radius 1 is 1.65 bits per heavy atom. The van der Waals surface area contributed by atoms with Crippen molar-refractivity contribution < 1.29 is 19.4 Å². The molecule has 6 nitrogen and oxygen atoms in total. The number of ether oxygens (including phenoxy) is 1. The molecule has 92 valence electrons. The van der Waals surface area contributed by atoms with E-state index in [1.807, 2.05) is 6.92 Å². The van der Waals surface area contributed by atoms with Crippen molar-refractivity contribution in [1.29, 1.82) is 0 Å². The maximum atomic E-state index is 12.0. The van der Waals surface area contributed by atoms with Gasteiger partial charge in [0.25, 0.3) is 5.91 Å². The lowest BCUT2D eigenvalue weighted by Gasteiger charge is -2.30. The van der Waals surface area contributed by atoms with Crippen molar-refractivity contribution in [3.8, 4) is 0 Å². The van der Waals surface area contributed by atoms with Gasteiger partial charge in [0.1, 0.15) is 4.88 Å². The van der Waals surface area contributed by atoms with Crippen LogP contribution in [0.2, 0.25) is 0 Å². The largest absolute Gasteiger partial charge is 0.479 e. The Balaban J connectivity index is 2.07. The van der Waals surface area contributed by atoms with E-state index in [0.717, 1.165) is 5.01 Å². The summed E-state index contributed by atoms with van der Waals surface area (Å²) in [6.45, 7) is 2.58. The zero-order valence-electron chi connectivity index (χ0n) is 9.25. The van der Waals surface area contributed by atoms with Crippen LogP contribution < -0.4 is 0 Å². The number of thiazole rings is 1. The smallest absolute Gasteiger partial charge is 0.334 e. The Bertz CT molecular complexity index is 445. The van der Waals surface area contributed by atoms with Crippen LogP contribution in [-0.2, 0) is 9.53 Å². The average Bonchev–Trinajstić information content (AvgIpc) is 2.75. The van der Waals surface area contributed by atoms with E-state index < -0.39 is 12.1 Å². The number of hydrogen-bond donors (Lipinski definition) is 1. The van der Waals surface area contributed by atoms with Crippen molar-refractivity contribution in [2.75, 3.05) is 19.7 Å². The summed E-state index contributed by atoms with van der Waals surface area (Å²) in [5.74, 6) is -1.21. The highest BCUT2D eigenvalue weighted by Gasteiger charge is 2.30. The van der Waals surface area contributed by atoms with E-state index >= 15 is 0 Å². The molecule has 0 unspecified atom stereocenters. The molecule has 2 heterocycles. The van der Waals surface area contributed by atoms with Crippen LogP contribution in [0.4, 0.5) is 0 Å². The number of aromatic nitrogens is 1. The molecule has 1 aromatic heterocycles. The van der Waals surface area contributed by atoms with Crippen molar-refractivity contribution >= 4 is 23.2 Å². The molecule has 0 saturated carbocycles. The lowest BCUT2D eigenvalue weighted by molar-refractivity contribution is -0.154. The van der Waals surface area contributed by atoms with Crippen molar-refractivity contribution in [3.63, 3.8) is 0 Å². The Labute approximate surface area is 102 Å². The molecule has 2 rings (SSSR count). The molecule has 1 aliphatic rings. The van der Waals surface area contributed by atoms with Crippen LogP contribution in [0.1, 0.15) is 14.7 Å². The lowest BCUT2D eigenvalue weighted by atomic mass is 10.2. The Hall–Kier alpha value is -1.47. The number of amides is 1. The number of aryl methyl sites for hydroxylation is 1. The van der Waals surface area contributed by atoms with E-state index in [4.69, 9.17) is 9.84 Å². The molecule has 1 aliphatic heterocycles. The fourth-order valence-corrected chi connectivity index (χ4v) is 2.34. The standard InChI is InChI=1S/C10H12N2O4S/c1-6-11-4-8(17-6)9(13)12-2-3-16-7(5-12)10(14)15/h4,7H,2-3,5H2,1H3,(H,14,15)/t7-/m0/s1. The predicted molar refractivity (Wildman–Crippen MR) is 60.1 cm³/mol. The summed E-state index contributed by atoms with van der Waals surface area (Å²) < 4.78 is 5.06. The summed E-state index contributed by atoms with van der Waals surface area (Å²) in [4.78, 5) is 28.9. The summed E-state index contributed by atoms with van der Waals surface area (Å²) in [6.07, 6.45) is 0.592. The molecule has 0 aromatic carbocycles. The van der Waals surface area contributed by atoms with Gasteiger partial charge in [-0.2, -0.15) is 0 Å². The highest BCUT2D eigenvalue weighted by molar-refractivity contribution is 7.13. The van der Waals surface area contributed by atoms with Crippen LogP contribution in [0.5, 0.6) is 0 Å². The van der Waals surface area contributed by atoms with Gasteiger partial charge in [0.2, 0.25) is 0 Å². The number of carboxylic acids is 1. The highest BCUT2D eigenvalue weighted by atomic mass is 32.1. The topological polar surface area (TPSA) is 79.7 Å². The molecule has 0 aliphatic carbocycles. The van der Waals surface area contributed by atoms with Crippen molar-refractivity contribution in [1.82, 2.24) is 9.88 Å². The molecule has 1 amide bonds. The van der Waals surface area contributed by atoms with E-state index in [1.165, 1.54) is 22.4 Å². The number of morpholine rings is 1. The van der Waals surface area contributed by atoms with Crippen LogP contribution in [0.15, 0.2) is 6.20 Å². The van der Waals surface area contributed by atoms with Crippen LogP contribution in [0, 0.1) is 6.92 Å². The summed E-state index contributed by atoms with van der Waals surface area (Å²) in [7, 11) is 0. The molecule has 1 fully saturated rings. The molecule has 0 spiro atoms. The minimum atomic E-state index is -1.04.